The van der Waals surface area contributed by atoms with Crippen molar-refractivity contribution in [2.75, 3.05) is 0 Å². The van der Waals surface area contributed by atoms with Crippen molar-refractivity contribution < 1.29 is 8.83 Å². The first-order valence-corrected chi connectivity index (χ1v) is 20.7. The topological polar surface area (TPSA) is 26.3 Å². The summed E-state index contributed by atoms with van der Waals surface area (Å²) in [7, 11) is 0. The molecule has 0 aliphatic heterocycles. The van der Waals surface area contributed by atoms with E-state index in [1.807, 2.05) is 17.4 Å². The average Bonchev–Trinajstić information content (AvgIpc) is 3.98. The zero-order chi connectivity index (χ0) is 37.5. The molecule has 2 nitrogen and oxygen atoms in total. The molecule has 2 aliphatic rings. The molecular weight excluding hydrogens is 713 g/mol. The molecule has 12 rings (SSSR count). The summed E-state index contributed by atoms with van der Waals surface area (Å²) in [6.45, 7) is 0. The van der Waals surface area contributed by atoms with Crippen LogP contribution in [0.4, 0.5) is 0 Å². The third kappa shape index (κ3) is 5.30. The van der Waals surface area contributed by atoms with E-state index >= 15 is 0 Å². The van der Waals surface area contributed by atoms with E-state index < -0.39 is 0 Å². The van der Waals surface area contributed by atoms with Crippen molar-refractivity contribution in [2.45, 2.75) is 19.3 Å². The number of hydrogen-bond donors (Lipinski definition) is 0. The van der Waals surface area contributed by atoms with Crippen LogP contribution in [0.2, 0.25) is 0 Å². The minimum atomic E-state index is 0.148. The Labute approximate surface area is 334 Å². The van der Waals surface area contributed by atoms with E-state index in [9.17, 15) is 0 Å². The summed E-state index contributed by atoms with van der Waals surface area (Å²) in [5.41, 5.74) is 15.5. The number of fused-ring (bicyclic) bond motifs is 11. The van der Waals surface area contributed by atoms with Gasteiger partial charge in [0.05, 0.1) is 0 Å². The molecule has 0 bridgehead atoms. The van der Waals surface area contributed by atoms with Gasteiger partial charge in [-0.05, 0) is 112 Å². The summed E-state index contributed by atoms with van der Waals surface area (Å²) in [5, 5.41) is 6.23. The Morgan fingerprint density at radius 1 is 0.491 bits per heavy atom. The molecule has 0 amide bonds. The Hall–Kier alpha value is -6.68. The van der Waals surface area contributed by atoms with Crippen LogP contribution in [0, 0.1) is 5.92 Å². The van der Waals surface area contributed by atoms with Crippen molar-refractivity contribution in [3.05, 3.63) is 198 Å². The molecule has 3 heteroatoms. The second-order valence-corrected chi connectivity index (χ2v) is 16.5. The molecule has 1 unspecified atom stereocenters. The molecule has 0 N–H and O–H groups in total. The first-order valence-electron chi connectivity index (χ1n) is 19.9. The highest BCUT2D eigenvalue weighted by atomic mass is 32.1. The summed E-state index contributed by atoms with van der Waals surface area (Å²) in [6, 6.07) is 56.7. The van der Waals surface area contributed by atoms with Gasteiger partial charge in [-0.1, -0.05) is 133 Å². The number of rotatable bonds is 5. The Bertz CT molecular complexity index is 3310. The molecule has 0 saturated heterocycles. The summed E-state index contributed by atoms with van der Waals surface area (Å²) in [6.07, 6.45) is 10.2. The number of hydrogen-bond acceptors (Lipinski definition) is 3. The fourth-order valence-electron chi connectivity index (χ4n) is 9.43. The van der Waals surface area contributed by atoms with Gasteiger partial charge in [-0.15, -0.1) is 11.3 Å². The van der Waals surface area contributed by atoms with Crippen LogP contribution in [-0.2, 0) is 6.42 Å². The maximum Gasteiger partial charge on any atom is 0.136 e. The van der Waals surface area contributed by atoms with E-state index in [1.54, 1.807) is 0 Å². The lowest BCUT2D eigenvalue weighted by Crippen LogP contribution is -2.10. The van der Waals surface area contributed by atoms with Gasteiger partial charge in [0, 0.05) is 47.8 Å². The first-order chi connectivity index (χ1) is 28.2. The van der Waals surface area contributed by atoms with Gasteiger partial charge in [0.15, 0.2) is 0 Å². The highest BCUT2D eigenvalue weighted by Gasteiger charge is 2.30. The molecule has 10 aromatic rings. The molecule has 57 heavy (non-hydrogen) atoms. The fraction of sp³-hybridized carbons (Fsp3) is 0.0741. The molecule has 0 radical (unpaired) electrons. The largest absolute Gasteiger partial charge is 0.456 e. The van der Waals surface area contributed by atoms with Crippen LogP contribution in [0.5, 0.6) is 0 Å². The highest BCUT2D eigenvalue weighted by molar-refractivity contribution is 7.27. The predicted molar refractivity (Wildman–Crippen MR) is 240 cm³/mol. The molecule has 7 aromatic carbocycles. The zero-order valence-electron chi connectivity index (χ0n) is 31.2. The molecule has 0 spiro atoms. The fourth-order valence-corrected chi connectivity index (χ4v) is 10.8. The van der Waals surface area contributed by atoms with E-state index in [2.05, 4.69) is 170 Å². The number of allylic oxidation sites excluding steroid dienone is 6. The minimum absolute atomic E-state index is 0.148. The van der Waals surface area contributed by atoms with Gasteiger partial charge < -0.3 is 8.83 Å². The van der Waals surface area contributed by atoms with Crippen molar-refractivity contribution in [2.24, 2.45) is 5.92 Å². The summed E-state index contributed by atoms with van der Waals surface area (Å²) in [4.78, 5) is 0. The van der Waals surface area contributed by atoms with Gasteiger partial charge in [0.2, 0.25) is 0 Å². The Morgan fingerprint density at radius 2 is 1.11 bits per heavy atom. The van der Waals surface area contributed by atoms with Crippen molar-refractivity contribution in [3.8, 4) is 22.3 Å². The average molecular weight is 749 g/mol. The Kier molecular flexibility index (Phi) is 7.39. The SMILES string of the molecule is C1=C(c2cccc(-c3ccccc3)c2)C=C(c2cccc(-c3ccccc3)c2)CC1C1=CCCc2c1oc1ccc3c4ccc5oc6ccccc6c5c4sc3c21. The second-order valence-electron chi connectivity index (χ2n) is 15.4. The van der Waals surface area contributed by atoms with Crippen LogP contribution >= 0.6 is 11.3 Å². The maximum atomic E-state index is 7.01. The van der Waals surface area contributed by atoms with Crippen LogP contribution in [-0.4, -0.2) is 0 Å². The van der Waals surface area contributed by atoms with Crippen molar-refractivity contribution >= 4 is 81.1 Å². The summed E-state index contributed by atoms with van der Waals surface area (Å²) in [5.74, 6) is 1.20. The van der Waals surface area contributed by atoms with Gasteiger partial charge in [-0.3, -0.25) is 0 Å². The minimum Gasteiger partial charge on any atom is -0.456 e. The number of benzene rings is 7. The van der Waals surface area contributed by atoms with Crippen molar-refractivity contribution in [1.29, 1.82) is 0 Å². The maximum absolute atomic E-state index is 7.01. The smallest absolute Gasteiger partial charge is 0.136 e. The van der Waals surface area contributed by atoms with Crippen LogP contribution in [0.1, 0.15) is 35.3 Å². The molecule has 2 aliphatic carbocycles. The van der Waals surface area contributed by atoms with E-state index in [0.717, 1.165) is 41.8 Å². The monoisotopic (exact) mass is 748 g/mol. The van der Waals surface area contributed by atoms with Gasteiger partial charge in [-0.2, -0.15) is 0 Å². The second kappa shape index (κ2) is 12.9. The lowest BCUT2D eigenvalue weighted by Gasteiger charge is -2.26. The standard InChI is InChI=1S/C54H36O2S/c1-3-12-33(13-4-1)35-16-9-18-37(28-35)39-30-40(38-19-10-17-36(29-38)34-14-5-2-6-15-34)32-41(31-39)42-21-11-22-46-51-49(56-52(42)46)27-25-44-43-24-26-48-50(53(43)57-54(44)51)45-20-7-8-23-47(45)55-48/h1-10,12-21,23-31,41H,11,22,32H2. The third-order valence-corrected chi connectivity index (χ3v) is 13.4. The van der Waals surface area contributed by atoms with Gasteiger partial charge >= 0.3 is 0 Å². The van der Waals surface area contributed by atoms with E-state index in [0.29, 0.717) is 0 Å². The van der Waals surface area contributed by atoms with Crippen molar-refractivity contribution in [1.82, 2.24) is 0 Å². The number of para-hydroxylation sites is 1. The van der Waals surface area contributed by atoms with Gasteiger partial charge in [0.25, 0.3) is 0 Å². The molecule has 3 aromatic heterocycles. The summed E-state index contributed by atoms with van der Waals surface area (Å²) >= 11 is 1.89. The molecule has 1 atom stereocenters. The van der Waals surface area contributed by atoms with Crippen LogP contribution in [0.3, 0.4) is 0 Å². The lowest BCUT2D eigenvalue weighted by molar-refractivity contribution is 0.579. The highest BCUT2D eigenvalue weighted by Crippen LogP contribution is 2.50. The number of aryl methyl sites for hydroxylation is 1. The number of thiophene rings is 1. The third-order valence-electron chi connectivity index (χ3n) is 12.1. The molecule has 3 heterocycles. The van der Waals surface area contributed by atoms with E-state index in [1.165, 1.54) is 92.0 Å². The Balaban J connectivity index is 1.01. The van der Waals surface area contributed by atoms with E-state index in [-0.39, 0.29) is 5.92 Å². The molecular formula is C54H36O2S. The van der Waals surface area contributed by atoms with Gasteiger partial charge in [0.1, 0.15) is 22.5 Å². The normalized spacial score (nSPS) is 15.6. The molecule has 270 valence electrons. The lowest BCUT2D eigenvalue weighted by atomic mass is 9.77. The molecule has 0 saturated carbocycles. The van der Waals surface area contributed by atoms with Crippen molar-refractivity contribution in [3.63, 3.8) is 0 Å². The van der Waals surface area contributed by atoms with Gasteiger partial charge in [-0.25, -0.2) is 0 Å². The van der Waals surface area contributed by atoms with Crippen LogP contribution < -0.4 is 0 Å². The quantitative estimate of drug-likeness (QED) is 0.175. The first kappa shape index (κ1) is 32.6. The van der Waals surface area contributed by atoms with Crippen LogP contribution in [0.25, 0.3) is 92.1 Å². The Morgan fingerprint density at radius 3 is 1.86 bits per heavy atom. The van der Waals surface area contributed by atoms with E-state index in [4.69, 9.17) is 8.83 Å². The number of furan rings is 2. The summed E-state index contributed by atoms with van der Waals surface area (Å²) < 4.78 is 15.9. The predicted octanol–water partition coefficient (Wildman–Crippen LogP) is 15.6. The van der Waals surface area contributed by atoms with Crippen LogP contribution in [0.15, 0.2) is 185 Å². The zero-order valence-corrected chi connectivity index (χ0v) is 32.0. The molecule has 0 fully saturated rings.